The summed E-state index contributed by atoms with van der Waals surface area (Å²) < 4.78 is 17.1. The molecule has 0 saturated carbocycles. The van der Waals surface area contributed by atoms with Gasteiger partial charge >= 0.3 is 5.97 Å². The summed E-state index contributed by atoms with van der Waals surface area (Å²) in [5.74, 6) is 0.503. The molecule has 164 valence electrons. The van der Waals surface area contributed by atoms with Crippen LogP contribution in [0.1, 0.15) is 17.0 Å². The smallest absolute Gasteiger partial charge is 0.310 e. The third kappa shape index (κ3) is 5.23. The molecule has 3 rings (SSSR count). The van der Waals surface area contributed by atoms with Crippen LogP contribution in [0, 0.1) is 13.8 Å². The highest BCUT2D eigenvalue weighted by molar-refractivity contribution is 7.98. The minimum absolute atomic E-state index is 0.0324. The molecular formula is C20H23N5O5S. The van der Waals surface area contributed by atoms with Crippen molar-refractivity contribution in [2.45, 2.75) is 25.4 Å². The number of carbonyl (C=O) groups is 2. The number of nitrogens with zero attached hydrogens (tertiary/aromatic N) is 4. The molecule has 1 aromatic carbocycles. The van der Waals surface area contributed by atoms with Crippen LogP contribution in [0.4, 0.5) is 5.69 Å². The molecule has 1 amide bonds. The van der Waals surface area contributed by atoms with Gasteiger partial charge in [0.25, 0.3) is 11.7 Å². The van der Waals surface area contributed by atoms with Crippen LogP contribution >= 0.6 is 11.8 Å². The number of rotatable bonds is 8. The third-order valence-electron chi connectivity index (χ3n) is 4.53. The Morgan fingerprint density at radius 3 is 2.39 bits per heavy atom. The van der Waals surface area contributed by atoms with E-state index in [2.05, 4.69) is 20.4 Å². The van der Waals surface area contributed by atoms with Gasteiger partial charge in [-0.05, 0) is 20.1 Å². The SMILES string of the molecule is COc1cc(NC(=O)COC(=O)Cc2c(C)nc3nc(SC)nn3c2C)cc(OC)c1. The first kappa shape index (κ1) is 22.3. The van der Waals surface area contributed by atoms with E-state index in [1.807, 2.05) is 13.2 Å². The summed E-state index contributed by atoms with van der Waals surface area (Å²) in [5, 5.41) is 7.61. The molecule has 0 saturated heterocycles. The van der Waals surface area contributed by atoms with E-state index in [1.54, 1.807) is 29.6 Å². The number of benzene rings is 1. The molecule has 11 heteroatoms. The first-order chi connectivity index (χ1) is 14.8. The lowest BCUT2D eigenvalue weighted by Gasteiger charge is -2.11. The lowest BCUT2D eigenvalue weighted by atomic mass is 10.1. The quantitative estimate of drug-likeness (QED) is 0.411. The molecule has 2 heterocycles. The van der Waals surface area contributed by atoms with Gasteiger partial charge in [-0.1, -0.05) is 11.8 Å². The fraction of sp³-hybridized carbons (Fsp3) is 0.350. The van der Waals surface area contributed by atoms with Gasteiger partial charge in [0.1, 0.15) is 11.5 Å². The fourth-order valence-electron chi connectivity index (χ4n) is 2.95. The van der Waals surface area contributed by atoms with Crippen molar-refractivity contribution in [2.24, 2.45) is 0 Å². The number of carbonyl (C=O) groups excluding carboxylic acids is 2. The highest BCUT2D eigenvalue weighted by atomic mass is 32.2. The zero-order valence-corrected chi connectivity index (χ0v) is 18.7. The fourth-order valence-corrected chi connectivity index (χ4v) is 3.29. The second kappa shape index (κ2) is 9.65. The normalized spacial score (nSPS) is 10.7. The second-order valence-electron chi connectivity index (χ2n) is 6.56. The van der Waals surface area contributed by atoms with Crippen molar-refractivity contribution < 1.29 is 23.8 Å². The number of fused-ring (bicyclic) bond motifs is 1. The summed E-state index contributed by atoms with van der Waals surface area (Å²) in [4.78, 5) is 33.3. The van der Waals surface area contributed by atoms with Crippen LogP contribution in [0.15, 0.2) is 23.4 Å². The summed E-state index contributed by atoms with van der Waals surface area (Å²) >= 11 is 1.41. The number of esters is 1. The van der Waals surface area contributed by atoms with Gasteiger partial charge in [0.15, 0.2) is 6.61 Å². The Labute approximate surface area is 183 Å². The molecule has 2 aromatic heterocycles. The van der Waals surface area contributed by atoms with E-state index in [4.69, 9.17) is 14.2 Å². The average Bonchev–Trinajstić information content (AvgIpc) is 3.18. The molecule has 0 aliphatic rings. The first-order valence-electron chi connectivity index (χ1n) is 9.30. The topological polar surface area (TPSA) is 117 Å². The molecule has 0 bridgehead atoms. The van der Waals surface area contributed by atoms with Crippen molar-refractivity contribution in [1.29, 1.82) is 0 Å². The van der Waals surface area contributed by atoms with E-state index in [1.165, 1.54) is 26.0 Å². The van der Waals surface area contributed by atoms with Crippen molar-refractivity contribution in [1.82, 2.24) is 19.6 Å². The number of hydrogen-bond donors (Lipinski definition) is 1. The van der Waals surface area contributed by atoms with Gasteiger partial charge in [-0.2, -0.15) is 4.98 Å². The highest BCUT2D eigenvalue weighted by Gasteiger charge is 2.17. The number of aryl methyl sites for hydroxylation is 2. The molecule has 0 radical (unpaired) electrons. The second-order valence-corrected chi connectivity index (χ2v) is 7.33. The maximum absolute atomic E-state index is 12.4. The molecular weight excluding hydrogens is 422 g/mol. The van der Waals surface area contributed by atoms with Gasteiger partial charge in [-0.15, -0.1) is 5.10 Å². The predicted octanol–water partition coefficient (Wildman–Crippen LogP) is 2.20. The monoisotopic (exact) mass is 445 g/mol. The van der Waals surface area contributed by atoms with Gasteiger partial charge in [-0.25, -0.2) is 9.50 Å². The van der Waals surface area contributed by atoms with Crippen molar-refractivity contribution in [2.75, 3.05) is 32.4 Å². The standard InChI is InChI=1S/C20H23N5O5S/c1-11-16(12(2)25-19(21-11)23-20(24-25)31-5)9-18(27)30-10-17(26)22-13-6-14(28-3)8-15(7-13)29-4/h6-8H,9-10H2,1-5H3,(H,22,26). The Bertz CT molecular complexity index is 1110. The molecule has 31 heavy (non-hydrogen) atoms. The minimum Gasteiger partial charge on any atom is -0.497 e. The van der Waals surface area contributed by atoms with Gasteiger partial charge in [0.2, 0.25) is 5.16 Å². The van der Waals surface area contributed by atoms with Crippen LogP contribution in [0.2, 0.25) is 0 Å². The number of methoxy groups -OCH3 is 2. The zero-order chi connectivity index (χ0) is 22.5. The van der Waals surface area contributed by atoms with E-state index >= 15 is 0 Å². The predicted molar refractivity (Wildman–Crippen MR) is 115 cm³/mol. The number of nitrogens with one attached hydrogen (secondary N) is 1. The van der Waals surface area contributed by atoms with Crippen LogP contribution < -0.4 is 14.8 Å². The number of thioether (sulfide) groups is 1. The molecule has 0 atom stereocenters. The van der Waals surface area contributed by atoms with E-state index in [0.29, 0.717) is 39.4 Å². The molecule has 0 spiro atoms. The summed E-state index contributed by atoms with van der Waals surface area (Å²) in [6.07, 6.45) is 1.84. The lowest BCUT2D eigenvalue weighted by Crippen LogP contribution is -2.22. The Morgan fingerprint density at radius 1 is 1.10 bits per heavy atom. The van der Waals surface area contributed by atoms with Crippen molar-refractivity contribution in [3.8, 4) is 11.5 Å². The van der Waals surface area contributed by atoms with Crippen molar-refractivity contribution in [3.05, 3.63) is 35.2 Å². The minimum atomic E-state index is -0.545. The zero-order valence-electron chi connectivity index (χ0n) is 17.9. The first-order valence-corrected chi connectivity index (χ1v) is 10.5. The average molecular weight is 446 g/mol. The van der Waals surface area contributed by atoms with Crippen LogP contribution in [0.3, 0.4) is 0 Å². The molecule has 0 unspecified atom stereocenters. The van der Waals surface area contributed by atoms with Crippen molar-refractivity contribution >= 4 is 35.1 Å². The molecule has 1 N–H and O–H groups in total. The summed E-state index contributed by atoms with van der Waals surface area (Å²) in [6, 6.07) is 4.95. The molecule has 0 aliphatic carbocycles. The van der Waals surface area contributed by atoms with Crippen LogP contribution in [0.25, 0.3) is 5.78 Å². The number of anilines is 1. The highest BCUT2D eigenvalue weighted by Crippen LogP contribution is 2.25. The number of aromatic nitrogens is 4. The van der Waals surface area contributed by atoms with E-state index in [9.17, 15) is 9.59 Å². The maximum atomic E-state index is 12.4. The van der Waals surface area contributed by atoms with E-state index in [0.717, 1.165) is 5.69 Å². The van der Waals surface area contributed by atoms with E-state index in [-0.39, 0.29) is 6.42 Å². The largest absolute Gasteiger partial charge is 0.497 e. The van der Waals surface area contributed by atoms with Gasteiger partial charge < -0.3 is 19.5 Å². The van der Waals surface area contributed by atoms with Crippen LogP contribution in [0.5, 0.6) is 11.5 Å². The van der Waals surface area contributed by atoms with Gasteiger partial charge in [-0.3, -0.25) is 9.59 Å². The number of amides is 1. The maximum Gasteiger partial charge on any atom is 0.310 e. The summed E-state index contributed by atoms with van der Waals surface area (Å²) in [5.41, 5.74) is 2.57. The third-order valence-corrected chi connectivity index (χ3v) is 5.07. The summed E-state index contributed by atoms with van der Waals surface area (Å²) in [7, 11) is 3.03. The van der Waals surface area contributed by atoms with Crippen molar-refractivity contribution in [3.63, 3.8) is 0 Å². The molecule has 3 aromatic rings. The van der Waals surface area contributed by atoms with E-state index < -0.39 is 18.5 Å². The van der Waals surface area contributed by atoms with Gasteiger partial charge in [0, 0.05) is 40.8 Å². The summed E-state index contributed by atoms with van der Waals surface area (Å²) in [6.45, 7) is 3.21. The lowest BCUT2D eigenvalue weighted by molar-refractivity contribution is -0.146. The van der Waals surface area contributed by atoms with Gasteiger partial charge in [0.05, 0.1) is 20.6 Å². The van der Waals surface area contributed by atoms with Crippen LogP contribution in [-0.4, -0.2) is 58.5 Å². The Kier molecular flexibility index (Phi) is 6.95. The number of hydrogen-bond acceptors (Lipinski definition) is 9. The Morgan fingerprint density at radius 2 is 1.77 bits per heavy atom. The number of ether oxygens (including phenoxy) is 3. The Balaban J connectivity index is 1.63. The molecule has 10 nitrogen and oxygen atoms in total. The molecule has 0 aliphatic heterocycles. The molecule has 0 fully saturated rings. The van der Waals surface area contributed by atoms with Crippen LogP contribution in [-0.2, 0) is 20.7 Å². The Hall–Kier alpha value is -3.34.